The fourth-order valence-corrected chi connectivity index (χ4v) is 1.95. The first-order valence-corrected chi connectivity index (χ1v) is 4.63. The van der Waals surface area contributed by atoms with Crippen LogP contribution in [0.15, 0.2) is 0 Å². The predicted octanol–water partition coefficient (Wildman–Crippen LogP) is 0.690. The Kier molecular flexibility index (Phi) is 1.69. The molecule has 1 N–H and O–H groups in total. The summed E-state index contributed by atoms with van der Waals surface area (Å²) >= 11 is 0. The zero-order valence-electron chi connectivity index (χ0n) is 7.56. The Morgan fingerprint density at radius 3 is 2.82 bits per heavy atom. The van der Waals surface area contributed by atoms with Crippen molar-refractivity contribution in [1.82, 2.24) is 10.2 Å². The first kappa shape index (κ1) is 7.56. The van der Waals surface area contributed by atoms with Crippen LogP contribution in [-0.2, 0) is 0 Å². The lowest BCUT2D eigenvalue weighted by molar-refractivity contribution is 0.238. The molecule has 1 saturated carbocycles. The number of rotatable bonds is 0. The van der Waals surface area contributed by atoms with E-state index in [0.717, 1.165) is 12.6 Å². The standard InChI is InChI=1S/C9H18N2/c1-8-5-10-6-9(3-4-9)7-11(8)2/h8,10H,3-7H2,1-2H3. The van der Waals surface area contributed by atoms with E-state index in [4.69, 9.17) is 0 Å². The van der Waals surface area contributed by atoms with Gasteiger partial charge in [-0.3, -0.25) is 0 Å². The quantitative estimate of drug-likeness (QED) is 0.552. The van der Waals surface area contributed by atoms with Crippen molar-refractivity contribution < 1.29 is 0 Å². The Hall–Kier alpha value is -0.0800. The minimum absolute atomic E-state index is 0.680. The normalized spacial score (nSPS) is 37.1. The Morgan fingerprint density at radius 1 is 1.45 bits per heavy atom. The highest BCUT2D eigenvalue weighted by Crippen LogP contribution is 2.46. The monoisotopic (exact) mass is 154 g/mol. The molecule has 2 heteroatoms. The van der Waals surface area contributed by atoms with E-state index in [0.29, 0.717) is 5.41 Å². The third kappa shape index (κ3) is 1.42. The molecule has 2 fully saturated rings. The van der Waals surface area contributed by atoms with E-state index < -0.39 is 0 Å². The molecule has 1 saturated heterocycles. The maximum Gasteiger partial charge on any atom is 0.0189 e. The molecule has 11 heavy (non-hydrogen) atoms. The molecule has 0 amide bonds. The summed E-state index contributed by atoms with van der Waals surface area (Å²) in [5, 5.41) is 3.54. The van der Waals surface area contributed by atoms with Gasteiger partial charge >= 0.3 is 0 Å². The average Bonchev–Trinajstić information content (AvgIpc) is 2.69. The highest BCUT2D eigenvalue weighted by molar-refractivity contribution is 4.99. The molecule has 0 bridgehead atoms. The molecule has 0 aromatic heterocycles. The van der Waals surface area contributed by atoms with Gasteiger partial charge in [-0.15, -0.1) is 0 Å². The van der Waals surface area contributed by atoms with E-state index in [2.05, 4.69) is 24.2 Å². The Bertz CT molecular complexity index is 152. The van der Waals surface area contributed by atoms with Crippen LogP contribution in [0.2, 0.25) is 0 Å². The summed E-state index contributed by atoms with van der Waals surface area (Å²) < 4.78 is 0. The summed E-state index contributed by atoms with van der Waals surface area (Å²) in [4.78, 5) is 2.49. The summed E-state index contributed by atoms with van der Waals surface area (Å²) in [7, 11) is 2.25. The van der Waals surface area contributed by atoms with E-state index >= 15 is 0 Å². The van der Waals surface area contributed by atoms with E-state index in [-0.39, 0.29) is 0 Å². The zero-order valence-corrected chi connectivity index (χ0v) is 7.56. The van der Waals surface area contributed by atoms with Gasteiger partial charge in [-0.1, -0.05) is 0 Å². The van der Waals surface area contributed by atoms with E-state index in [1.165, 1.54) is 25.9 Å². The molecule has 2 rings (SSSR count). The molecule has 1 heterocycles. The largest absolute Gasteiger partial charge is 0.315 e. The van der Waals surface area contributed by atoms with Crippen LogP contribution in [0.1, 0.15) is 19.8 Å². The highest BCUT2D eigenvalue weighted by Gasteiger charge is 2.44. The number of likely N-dealkylation sites (N-methyl/N-ethyl adjacent to an activating group) is 1. The van der Waals surface area contributed by atoms with Crippen LogP contribution in [0.5, 0.6) is 0 Å². The van der Waals surface area contributed by atoms with Crippen LogP contribution in [0.3, 0.4) is 0 Å². The van der Waals surface area contributed by atoms with E-state index in [1.807, 2.05) is 0 Å². The predicted molar refractivity (Wildman–Crippen MR) is 46.6 cm³/mol. The Morgan fingerprint density at radius 2 is 2.18 bits per heavy atom. The fourth-order valence-electron chi connectivity index (χ4n) is 1.95. The molecular weight excluding hydrogens is 136 g/mol. The van der Waals surface area contributed by atoms with Gasteiger partial charge in [0.15, 0.2) is 0 Å². The lowest BCUT2D eigenvalue weighted by Gasteiger charge is -2.23. The average molecular weight is 154 g/mol. The van der Waals surface area contributed by atoms with Crippen LogP contribution < -0.4 is 5.32 Å². The van der Waals surface area contributed by atoms with Crippen molar-refractivity contribution in [1.29, 1.82) is 0 Å². The lowest BCUT2D eigenvalue weighted by Crippen LogP contribution is -2.34. The molecule has 1 atom stereocenters. The highest BCUT2D eigenvalue weighted by atomic mass is 15.2. The van der Waals surface area contributed by atoms with Gasteiger partial charge in [0, 0.05) is 25.7 Å². The summed E-state index contributed by atoms with van der Waals surface area (Å²) in [6.07, 6.45) is 2.88. The maximum atomic E-state index is 3.54. The minimum Gasteiger partial charge on any atom is -0.315 e. The topological polar surface area (TPSA) is 15.3 Å². The van der Waals surface area contributed by atoms with Crippen molar-refractivity contribution in [2.45, 2.75) is 25.8 Å². The summed E-state index contributed by atoms with van der Waals surface area (Å²) in [6.45, 7) is 6.02. The molecular formula is C9H18N2. The molecule has 64 valence electrons. The summed E-state index contributed by atoms with van der Waals surface area (Å²) in [6, 6.07) is 0.718. The third-order valence-corrected chi connectivity index (χ3v) is 3.23. The van der Waals surface area contributed by atoms with Gasteiger partial charge in [-0.05, 0) is 32.2 Å². The van der Waals surface area contributed by atoms with Crippen molar-refractivity contribution in [2.75, 3.05) is 26.7 Å². The van der Waals surface area contributed by atoms with Crippen molar-refractivity contribution >= 4 is 0 Å². The van der Waals surface area contributed by atoms with Gasteiger partial charge in [-0.2, -0.15) is 0 Å². The second-order valence-corrected chi connectivity index (χ2v) is 4.40. The molecule has 2 nitrogen and oxygen atoms in total. The van der Waals surface area contributed by atoms with Gasteiger partial charge in [0.1, 0.15) is 0 Å². The van der Waals surface area contributed by atoms with Crippen molar-refractivity contribution in [3.63, 3.8) is 0 Å². The number of hydrogen-bond acceptors (Lipinski definition) is 2. The van der Waals surface area contributed by atoms with E-state index in [9.17, 15) is 0 Å². The van der Waals surface area contributed by atoms with Crippen LogP contribution >= 0.6 is 0 Å². The molecule has 0 aromatic carbocycles. The van der Waals surface area contributed by atoms with Crippen molar-refractivity contribution in [3.05, 3.63) is 0 Å². The molecule has 0 aromatic rings. The second kappa shape index (κ2) is 2.46. The van der Waals surface area contributed by atoms with Gasteiger partial charge in [0.25, 0.3) is 0 Å². The Balaban J connectivity index is 2.00. The molecule has 2 aliphatic rings. The number of nitrogens with zero attached hydrogens (tertiary/aromatic N) is 1. The zero-order chi connectivity index (χ0) is 7.90. The molecule has 0 radical (unpaired) electrons. The third-order valence-electron chi connectivity index (χ3n) is 3.23. The first-order chi connectivity index (χ1) is 5.22. The summed E-state index contributed by atoms with van der Waals surface area (Å²) in [5.41, 5.74) is 0.680. The number of nitrogens with one attached hydrogen (secondary N) is 1. The van der Waals surface area contributed by atoms with Crippen molar-refractivity contribution in [3.8, 4) is 0 Å². The molecule has 1 spiro atoms. The van der Waals surface area contributed by atoms with Gasteiger partial charge < -0.3 is 10.2 Å². The van der Waals surface area contributed by atoms with Gasteiger partial charge in [-0.25, -0.2) is 0 Å². The van der Waals surface area contributed by atoms with Crippen LogP contribution in [0.4, 0.5) is 0 Å². The second-order valence-electron chi connectivity index (χ2n) is 4.40. The van der Waals surface area contributed by atoms with Gasteiger partial charge in [0.2, 0.25) is 0 Å². The SMILES string of the molecule is CC1CNCC2(CC2)CN1C. The fraction of sp³-hybridized carbons (Fsp3) is 1.00. The minimum atomic E-state index is 0.680. The van der Waals surface area contributed by atoms with Crippen LogP contribution in [-0.4, -0.2) is 37.6 Å². The molecule has 1 aliphatic heterocycles. The van der Waals surface area contributed by atoms with Crippen LogP contribution in [0, 0.1) is 5.41 Å². The summed E-state index contributed by atoms with van der Waals surface area (Å²) in [5.74, 6) is 0. The van der Waals surface area contributed by atoms with Crippen LogP contribution in [0.25, 0.3) is 0 Å². The first-order valence-electron chi connectivity index (χ1n) is 4.63. The van der Waals surface area contributed by atoms with E-state index in [1.54, 1.807) is 0 Å². The van der Waals surface area contributed by atoms with Crippen molar-refractivity contribution in [2.24, 2.45) is 5.41 Å². The smallest absolute Gasteiger partial charge is 0.0189 e. The van der Waals surface area contributed by atoms with Gasteiger partial charge in [0.05, 0.1) is 0 Å². The maximum absolute atomic E-state index is 3.54. The lowest BCUT2D eigenvalue weighted by atomic mass is 10.1. The molecule has 1 unspecified atom stereocenters. The number of hydrogen-bond donors (Lipinski definition) is 1. The molecule has 1 aliphatic carbocycles. The Labute approximate surface area is 69.0 Å².